The van der Waals surface area contributed by atoms with Crippen LogP contribution in [0.3, 0.4) is 0 Å². The number of rotatable bonds is 26. The maximum atomic E-state index is 14.3. The van der Waals surface area contributed by atoms with E-state index >= 15 is 0 Å². The summed E-state index contributed by atoms with van der Waals surface area (Å²) in [5.74, 6) is -5.21. The Hall–Kier alpha value is -7.64. The fourth-order valence-corrected chi connectivity index (χ4v) is 6.64. The molecule has 350 valence electrons. The monoisotopic (exact) mass is 905 g/mol. The van der Waals surface area contributed by atoms with Crippen LogP contribution >= 0.6 is 0 Å². The van der Waals surface area contributed by atoms with Crippen molar-refractivity contribution in [1.29, 1.82) is 0 Å². The molecule has 4 aromatic carbocycles. The molecule has 0 fully saturated rings. The predicted molar refractivity (Wildman–Crippen MR) is 247 cm³/mol. The summed E-state index contributed by atoms with van der Waals surface area (Å²) < 4.78 is 0. The van der Waals surface area contributed by atoms with E-state index in [4.69, 9.17) is 17.2 Å². The molecule has 4 rings (SSSR count). The number of guanidine groups is 1. The van der Waals surface area contributed by atoms with E-state index in [1.807, 2.05) is 60.7 Å². The van der Waals surface area contributed by atoms with Gasteiger partial charge in [-0.1, -0.05) is 121 Å². The van der Waals surface area contributed by atoms with Gasteiger partial charge in [-0.3, -0.25) is 38.6 Å². The van der Waals surface area contributed by atoms with Gasteiger partial charge in [-0.05, 0) is 35.1 Å². The Morgan fingerprint density at radius 2 is 0.879 bits per heavy atom. The second kappa shape index (κ2) is 27.5. The summed E-state index contributed by atoms with van der Waals surface area (Å²) in [4.78, 5) is 98.3. The molecule has 66 heavy (non-hydrogen) atoms. The van der Waals surface area contributed by atoms with Crippen molar-refractivity contribution in [2.45, 2.75) is 68.9 Å². The maximum Gasteiger partial charge on any atom is 0.245 e. The highest BCUT2D eigenvalue weighted by atomic mass is 16.3. The van der Waals surface area contributed by atoms with Crippen LogP contribution < -0.4 is 54.4 Å². The van der Waals surface area contributed by atoms with Gasteiger partial charge < -0.3 is 59.5 Å². The van der Waals surface area contributed by atoms with Crippen molar-refractivity contribution in [1.82, 2.24) is 37.2 Å². The zero-order valence-electron chi connectivity index (χ0n) is 36.5. The van der Waals surface area contributed by atoms with Gasteiger partial charge in [-0.2, -0.15) is 0 Å². The third kappa shape index (κ3) is 18.2. The molecule has 0 radical (unpaired) electrons. The summed E-state index contributed by atoms with van der Waals surface area (Å²) in [6.45, 7) is -1.41. The van der Waals surface area contributed by atoms with E-state index in [9.17, 15) is 38.7 Å². The van der Waals surface area contributed by atoms with Gasteiger partial charge >= 0.3 is 0 Å². The van der Waals surface area contributed by atoms with E-state index < -0.39 is 84.7 Å². The van der Waals surface area contributed by atoms with Crippen LogP contribution in [0.25, 0.3) is 0 Å². The SMILES string of the molecule is NCC(=O)NCC(=O)N[C@@H](Cc1ccccc1)C(=O)N[C@@H](CO)C(=O)N[C@@H](Cc1ccccc1)C(=O)N[C@@H](CCCN=C(N)N)C(=O)N[C@@H](Cc1ccccc1)C(=O)NCc1ccccc1. The highest BCUT2D eigenvalue weighted by molar-refractivity contribution is 5.97. The second-order valence-corrected chi connectivity index (χ2v) is 15.2. The number of carbonyl (C=O) groups is 7. The van der Waals surface area contributed by atoms with E-state index in [-0.39, 0.29) is 57.7 Å². The number of carbonyl (C=O) groups excluding carboxylic acids is 7. The Morgan fingerprint density at radius 1 is 0.485 bits per heavy atom. The number of nitrogens with zero attached hydrogens (tertiary/aromatic N) is 1. The van der Waals surface area contributed by atoms with E-state index in [0.717, 1.165) is 11.1 Å². The third-order valence-corrected chi connectivity index (χ3v) is 10.1. The first-order valence-electron chi connectivity index (χ1n) is 21.4. The Morgan fingerprint density at radius 3 is 1.33 bits per heavy atom. The lowest BCUT2D eigenvalue weighted by Crippen LogP contribution is -2.60. The number of nitrogens with two attached hydrogens (primary N) is 3. The number of aliphatic imine (C=N–C) groups is 1. The van der Waals surface area contributed by atoms with Gasteiger partial charge in [-0.25, -0.2) is 0 Å². The summed E-state index contributed by atoms with van der Waals surface area (Å²) in [5, 5.41) is 28.8. The molecule has 0 saturated heterocycles. The lowest BCUT2D eigenvalue weighted by molar-refractivity contribution is -0.135. The van der Waals surface area contributed by atoms with Crippen molar-refractivity contribution in [3.63, 3.8) is 0 Å². The first kappa shape index (κ1) is 51.0. The molecule has 0 heterocycles. The molecular weight excluding hydrogens is 847 g/mol. The average molecular weight is 906 g/mol. The van der Waals surface area contributed by atoms with Gasteiger partial charge in [0.2, 0.25) is 41.4 Å². The highest BCUT2D eigenvalue weighted by Gasteiger charge is 2.33. The minimum atomic E-state index is -1.61. The molecule has 0 unspecified atom stereocenters. The standard InChI is InChI=1S/C47H59N11O8/c48-27-40(60)52-29-41(61)54-37(25-32-16-7-2-8-17-32)44(64)58-39(30-59)46(66)57-38(26-33-18-9-3-10-19-33)45(65)55-35(22-13-23-51-47(49)50)43(63)56-36(24-31-14-5-1-6-15-31)42(62)53-28-34-20-11-4-12-21-34/h1-12,14-21,35-39,59H,13,22-30,48H2,(H,52,60)(H,53,62)(H,54,61)(H,55,65)(H,56,63)(H,57,66)(H,58,64)(H4,49,50,51)/t35-,36-,37-,38-,39-/m0/s1. The number of hydrogen-bond donors (Lipinski definition) is 11. The van der Waals surface area contributed by atoms with Gasteiger partial charge in [0.05, 0.1) is 19.7 Å². The van der Waals surface area contributed by atoms with Crippen molar-refractivity contribution >= 4 is 47.3 Å². The molecule has 0 saturated carbocycles. The third-order valence-electron chi connectivity index (χ3n) is 10.1. The summed E-state index contributed by atoms with van der Waals surface area (Å²) in [6.07, 6.45) is 0.281. The average Bonchev–Trinajstić information content (AvgIpc) is 3.32. The van der Waals surface area contributed by atoms with E-state index in [1.54, 1.807) is 60.7 Å². The van der Waals surface area contributed by atoms with E-state index in [0.29, 0.717) is 11.1 Å². The number of amides is 7. The number of aliphatic hydroxyl groups excluding tert-OH is 1. The van der Waals surface area contributed by atoms with Gasteiger partial charge in [0.1, 0.15) is 30.2 Å². The molecule has 7 amide bonds. The van der Waals surface area contributed by atoms with Crippen LogP contribution in [0, 0.1) is 0 Å². The summed E-state index contributed by atoms with van der Waals surface area (Å²) in [7, 11) is 0. The lowest BCUT2D eigenvalue weighted by atomic mass is 10.0. The van der Waals surface area contributed by atoms with Crippen LogP contribution in [-0.4, -0.2) is 109 Å². The van der Waals surface area contributed by atoms with Crippen LogP contribution in [0.1, 0.15) is 35.1 Å². The van der Waals surface area contributed by atoms with Gasteiger partial charge in [0, 0.05) is 32.4 Å². The fraction of sp³-hybridized carbons (Fsp3) is 0.319. The maximum absolute atomic E-state index is 14.3. The van der Waals surface area contributed by atoms with Crippen LogP contribution in [0.4, 0.5) is 0 Å². The molecule has 19 heteroatoms. The van der Waals surface area contributed by atoms with E-state index in [1.165, 1.54) is 0 Å². The van der Waals surface area contributed by atoms with Gasteiger partial charge in [0.25, 0.3) is 0 Å². The molecule has 4 aromatic rings. The normalized spacial score (nSPS) is 12.9. The molecule has 0 aliphatic heterocycles. The number of aliphatic hydroxyl groups is 1. The molecule has 5 atom stereocenters. The van der Waals surface area contributed by atoms with Gasteiger partial charge in [-0.15, -0.1) is 0 Å². The molecule has 0 aliphatic rings. The van der Waals surface area contributed by atoms with Crippen LogP contribution in [-0.2, 0) is 59.4 Å². The Kier molecular flexibility index (Phi) is 21.3. The molecule has 14 N–H and O–H groups in total. The quantitative estimate of drug-likeness (QED) is 0.0197. The van der Waals surface area contributed by atoms with Crippen LogP contribution in [0.2, 0.25) is 0 Å². The zero-order chi connectivity index (χ0) is 47.7. The van der Waals surface area contributed by atoms with Crippen molar-refractivity contribution in [2.24, 2.45) is 22.2 Å². The topological polar surface area (TPSA) is 314 Å². The van der Waals surface area contributed by atoms with Crippen molar-refractivity contribution < 1.29 is 38.7 Å². The number of nitrogens with one attached hydrogen (secondary N) is 7. The van der Waals surface area contributed by atoms with Crippen molar-refractivity contribution in [3.05, 3.63) is 144 Å². The summed E-state index contributed by atoms with van der Waals surface area (Å²) in [5.41, 5.74) is 19.3. The van der Waals surface area contributed by atoms with Gasteiger partial charge in [0.15, 0.2) is 5.96 Å². The predicted octanol–water partition coefficient (Wildman–Crippen LogP) is -1.42. The highest BCUT2D eigenvalue weighted by Crippen LogP contribution is 2.10. The zero-order valence-corrected chi connectivity index (χ0v) is 36.5. The summed E-state index contributed by atoms with van der Waals surface area (Å²) in [6, 6.07) is 29.2. The largest absolute Gasteiger partial charge is 0.394 e. The Bertz CT molecular complexity index is 2210. The number of benzene rings is 4. The molecule has 0 spiro atoms. The number of hydrogen-bond acceptors (Lipinski definition) is 10. The first-order chi connectivity index (χ1) is 31.8. The van der Waals surface area contributed by atoms with Crippen molar-refractivity contribution in [3.8, 4) is 0 Å². The van der Waals surface area contributed by atoms with E-state index in [2.05, 4.69) is 42.2 Å². The smallest absolute Gasteiger partial charge is 0.245 e. The molecule has 0 aliphatic carbocycles. The minimum absolute atomic E-state index is 0.0177. The summed E-state index contributed by atoms with van der Waals surface area (Å²) >= 11 is 0. The fourth-order valence-electron chi connectivity index (χ4n) is 6.64. The molecular formula is C47H59N11O8. The minimum Gasteiger partial charge on any atom is -0.394 e. The van der Waals surface area contributed by atoms with Crippen LogP contribution in [0.5, 0.6) is 0 Å². The molecule has 0 bridgehead atoms. The first-order valence-corrected chi connectivity index (χ1v) is 21.4. The second-order valence-electron chi connectivity index (χ2n) is 15.2. The van der Waals surface area contributed by atoms with Crippen molar-refractivity contribution in [2.75, 3.05) is 26.2 Å². The molecule has 19 nitrogen and oxygen atoms in total. The Labute approximate surface area is 383 Å². The lowest BCUT2D eigenvalue weighted by Gasteiger charge is -2.27. The Balaban J connectivity index is 1.56. The van der Waals surface area contributed by atoms with Crippen LogP contribution in [0.15, 0.2) is 126 Å². The molecule has 0 aromatic heterocycles.